The minimum Gasteiger partial charge on any atom is -0.481 e. The van der Waals surface area contributed by atoms with Gasteiger partial charge < -0.3 is 10.1 Å². The number of benzene rings is 1. The highest BCUT2D eigenvalue weighted by Gasteiger charge is 2.10. The molecule has 0 aliphatic carbocycles. The van der Waals surface area contributed by atoms with Gasteiger partial charge in [-0.2, -0.15) is 0 Å². The molecule has 0 aliphatic heterocycles. The SMILES string of the molecule is COc1ccc(-c2ccc(C(=O)NCc3ccccc3)s2)cn1. The van der Waals surface area contributed by atoms with Crippen molar-refractivity contribution in [2.45, 2.75) is 6.54 Å². The van der Waals surface area contributed by atoms with Crippen LogP contribution < -0.4 is 10.1 Å². The molecule has 1 amide bonds. The van der Waals surface area contributed by atoms with Gasteiger partial charge >= 0.3 is 0 Å². The first-order valence-electron chi connectivity index (χ1n) is 7.18. The summed E-state index contributed by atoms with van der Waals surface area (Å²) >= 11 is 1.45. The second kappa shape index (κ2) is 7.07. The molecule has 2 heterocycles. The van der Waals surface area contributed by atoms with Crippen LogP contribution in [0, 0.1) is 0 Å². The number of hydrogen-bond donors (Lipinski definition) is 1. The van der Waals surface area contributed by atoms with Gasteiger partial charge in [-0.25, -0.2) is 4.98 Å². The fourth-order valence-corrected chi connectivity index (χ4v) is 3.04. The minimum atomic E-state index is -0.0634. The Morgan fingerprint density at radius 1 is 1.13 bits per heavy atom. The maximum absolute atomic E-state index is 12.2. The monoisotopic (exact) mass is 324 g/mol. The molecule has 0 saturated carbocycles. The second-order valence-electron chi connectivity index (χ2n) is 4.92. The summed E-state index contributed by atoms with van der Waals surface area (Å²) in [5, 5.41) is 2.93. The van der Waals surface area contributed by atoms with E-state index in [0.717, 1.165) is 16.0 Å². The van der Waals surface area contributed by atoms with Crippen LogP contribution in [0.2, 0.25) is 0 Å². The van der Waals surface area contributed by atoms with Crippen molar-refractivity contribution >= 4 is 17.2 Å². The van der Waals surface area contributed by atoms with Gasteiger partial charge in [0, 0.05) is 29.2 Å². The third-order valence-electron chi connectivity index (χ3n) is 3.36. The van der Waals surface area contributed by atoms with Crippen LogP contribution in [0.5, 0.6) is 5.88 Å². The molecule has 0 aliphatic rings. The normalized spacial score (nSPS) is 10.3. The Balaban J connectivity index is 1.67. The van der Waals surface area contributed by atoms with Gasteiger partial charge in [0.2, 0.25) is 5.88 Å². The van der Waals surface area contributed by atoms with Gasteiger partial charge in [-0.3, -0.25) is 4.79 Å². The first-order valence-corrected chi connectivity index (χ1v) is 8.00. The van der Waals surface area contributed by atoms with Gasteiger partial charge in [-0.05, 0) is 23.8 Å². The van der Waals surface area contributed by atoms with Gasteiger partial charge in [0.1, 0.15) is 0 Å². The third kappa shape index (κ3) is 3.76. The number of ether oxygens (including phenoxy) is 1. The van der Waals surface area contributed by atoms with Crippen molar-refractivity contribution < 1.29 is 9.53 Å². The van der Waals surface area contributed by atoms with Gasteiger partial charge in [0.05, 0.1) is 12.0 Å². The Bertz CT molecular complexity index is 782. The van der Waals surface area contributed by atoms with Crippen LogP contribution in [0.4, 0.5) is 0 Å². The molecule has 0 bridgehead atoms. The molecule has 4 nitrogen and oxygen atoms in total. The van der Waals surface area contributed by atoms with E-state index < -0.39 is 0 Å². The number of hydrogen-bond acceptors (Lipinski definition) is 4. The highest BCUT2D eigenvalue weighted by Crippen LogP contribution is 2.28. The first-order chi connectivity index (χ1) is 11.3. The molecule has 3 rings (SSSR count). The van der Waals surface area contributed by atoms with E-state index in [1.807, 2.05) is 54.6 Å². The highest BCUT2D eigenvalue weighted by atomic mass is 32.1. The van der Waals surface area contributed by atoms with Gasteiger partial charge in [-0.1, -0.05) is 30.3 Å². The van der Waals surface area contributed by atoms with Gasteiger partial charge in [-0.15, -0.1) is 11.3 Å². The zero-order valence-corrected chi connectivity index (χ0v) is 13.5. The molecule has 23 heavy (non-hydrogen) atoms. The number of amides is 1. The Hall–Kier alpha value is -2.66. The van der Waals surface area contributed by atoms with E-state index in [1.165, 1.54) is 11.3 Å². The largest absolute Gasteiger partial charge is 0.481 e. The average molecular weight is 324 g/mol. The van der Waals surface area contributed by atoms with Crippen molar-refractivity contribution in [1.29, 1.82) is 0 Å². The number of carbonyl (C=O) groups is 1. The number of nitrogens with one attached hydrogen (secondary N) is 1. The van der Waals surface area contributed by atoms with Crippen LogP contribution in [0.25, 0.3) is 10.4 Å². The second-order valence-corrected chi connectivity index (χ2v) is 6.01. The lowest BCUT2D eigenvalue weighted by Gasteiger charge is -2.03. The number of nitrogens with zero attached hydrogens (tertiary/aromatic N) is 1. The maximum atomic E-state index is 12.2. The van der Waals surface area contributed by atoms with Crippen LogP contribution in [-0.2, 0) is 6.54 Å². The molecule has 116 valence electrons. The first kappa shape index (κ1) is 15.2. The minimum absolute atomic E-state index is 0.0634. The van der Waals surface area contributed by atoms with Crippen molar-refractivity contribution in [1.82, 2.24) is 10.3 Å². The summed E-state index contributed by atoms with van der Waals surface area (Å²) in [5.41, 5.74) is 2.05. The standard InChI is InChI=1S/C18H16N2O2S/c1-22-17-10-7-14(12-19-17)15-8-9-16(23-15)18(21)20-11-13-5-3-2-4-6-13/h2-10,12H,11H2,1H3,(H,20,21). The molecule has 0 radical (unpaired) electrons. The summed E-state index contributed by atoms with van der Waals surface area (Å²) < 4.78 is 5.05. The van der Waals surface area contributed by atoms with E-state index >= 15 is 0 Å². The molecule has 0 unspecified atom stereocenters. The molecule has 3 aromatic rings. The quantitative estimate of drug-likeness (QED) is 0.777. The van der Waals surface area contributed by atoms with Crippen LogP contribution >= 0.6 is 11.3 Å². The van der Waals surface area contributed by atoms with Crippen molar-refractivity contribution in [3.63, 3.8) is 0 Å². The lowest BCUT2D eigenvalue weighted by atomic mass is 10.2. The summed E-state index contributed by atoms with van der Waals surface area (Å²) in [6.45, 7) is 0.525. The molecule has 2 aromatic heterocycles. The topological polar surface area (TPSA) is 51.2 Å². The summed E-state index contributed by atoms with van der Waals surface area (Å²) in [5.74, 6) is 0.512. The van der Waals surface area contributed by atoms with E-state index in [1.54, 1.807) is 13.3 Å². The number of rotatable bonds is 5. The lowest BCUT2D eigenvalue weighted by Crippen LogP contribution is -2.21. The van der Waals surface area contributed by atoms with E-state index in [-0.39, 0.29) is 5.91 Å². The third-order valence-corrected chi connectivity index (χ3v) is 4.49. The van der Waals surface area contributed by atoms with Gasteiger partial charge in [0.25, 0.3) is 5.91 Å². The Kier molecular flexibility index (Phi) is 4.68. The predicted molar refractivity (Wildman–Crippen MR) is 91.7 cm³/mol. The molecule has 0 atom stereocenters. The molecule has 0 saturated heterocycles. The van der Waals surface area contributed by atoms with E-state index in [0.29, 0.717) is 17.3 Å². The molecular formula is C18H16N2O2S. The molecule has 0 fully saturated rings. The highest BCUT2D eigenvalue weighted by molar-refractivity contribution is 7.17. The van der Waals surface area contributed by atoms with Crippen molar-refractivity contribution in [2.24, 2.45) is 0 Å². The van der Waals surface area contributed by atoms with Crippen molar-refractivity contribution in [3.05, 3.63) is 71.2 Å². The van der Waals surface area contributed by atoms with Crippen LogP contribution in [0.15, 0.2) is 60.8 Å². The number of aromatic nitrogens is 1. The smallest absolute Gasteiger partial charge is 0.261 e. The zero-order chi connectivity index (χ0) is 16.1. The Labute approximate surface area is 138 Å². The number of thiophene rings is 1. The van der Waals surface area contributed by atoms with Crippen LogP contribution in [0.3, 0.4) is 0 Å². The van der Waals surface area contributed by atoms with Crippen molar-refractivity contribution in [2.75, 3.05) is 7.11 Å². The fraction of sp³-hybridized carbons (Fsp3) is 0.111. The number of pyridine rings is 1. The maximum Gasteiger partial charge on any atom is 0.261 e. The Morgan fingerprint density at radius 3 is 2.65 bits per heavy atom. The molecular weight excluding hydrogens is 308 g/mol. The lowest BCUT2D eigenvalue weighted by molar-refractivity contribution is 0.0955. The van der Waals surface area contributed by atoms with Crippen LogP contribution in [-0.4, -0.2) is 18.0 Å². The van der Waals surface area contributed by atoms with E-state index in [9.17, 15) is 4.79 Å². The summed E-state index contributed by atoms with van der Waals surface area (Å²) in [6, 6.07) is 17.4. The molecule has 1 N–H and O–H groups in total. The fourth-order valence-electron chi connectivity index (χ4n) is 2.13. The van der Waals surface area contributed by atoms with E-state index in [4.69, 9.17) is 4.74 Å². The average Bonchev–Trinajstić information content (AvgIpc) is 3.11. The zero-order valence-electron chi connectivity index (χ0n) is 12.7. The predicted octanol–water partition coefficient (Wildman–Crippen LogP) is 3.75. The van der Waals surface area contributed by atoms with Crippen LogP contribution in [0.1, 0.15) is 15.2 Å². The summed E-state index contributed by atoms with van der Waals surface area (Å²) in [4.78, 5) is 18.1. The molecule has 0 spiro atoms. The Morgan fingerprint density at radius 2 is 1.96 bits per heavy atom. The summed E-state index contributed by atoms with van der Waals surface area (Å²) in [6.07, 6.45) is 1.75. The number of methoxy groups -OCH3 is 1. The number of carbonyl (C=O) groups excluding carboxylic acids is 1. The van der Waals surface area contributed by atoms with E-state index in [2.05, 4.69) is 10.3 Å². The molecule has 5 heteroatoms. The van der Waals surface area contributed by atoms with Gasteiger partial charge in [0.15, 0.2) is 0 Å². The van der Waals surface area contributed by atoms with Crippen molar-refractivity contribution in [3.8, 4) is 16.3 Å². The molecule has 1 aromatic carbocycles. The summed E-state index contributed by atoms with van der Waals surface area (Å²) in [7, 11) is 1.59.